The predicted molar refractivity (Wildman–Crippen MR) is 85.3 cm³/mol. The van der Waals surface area contributed by atoms with E-state index in [1.54, 1.807) is 0 Å². The van der Waals surface area contributed by atoms with E-state index in [9.17, 15) is 0 Å². The van der Waals surface area contributed by atoms with Crippen molar-refractivity contribution in [2.24, 2.45) is 0 Å². The average Bonchev–Trinajstić information content (AvgIpc) is 2.64. The molecule has 104 valence electrons. The zero-order valence-electron chi connectivity index (χ0n) is 12.1. The number of rotatable bonds is 2. The van der Waals surface area contributed by atoms with E-state index in [4.69, 9.17) is 5.73 Å². The summed E-state index contributed by atoms with van der Waals surface area (Å²) >= 11 is 0. The van der Waals surface area contributed by atoms with Gasteiger partial charge in [0, 0.05) is 25.3 Å². The Balaban J connectivity index is 1.68. The summed E-state index contributed by atoms with van der Waals surface area (Å²) in [5.41, 5.74) is 12.4. The van der Waals surface area contributed by atoms with Crippen molar-refractivity contribution in [3.63, 3.8) is 0 Å². The lowest BCUT2D eigenvalue weighted by Gasteiger charge is -2.19. The van der Waals surface area contributed by atoms with Gasteiger partial charge in [-0.2, -0.15) is 0 Å². The van der Waals surface area contributed by atoms with Gasteiger partial charge in [-0.15, -0.1) is 0 Å². The Morgan fingerprint density at radius 3 is 2.70 bits per heavy atom. The second kappa shape index (κ2) is 5.68. The number of anilines is 1. The van der Waals surface area contributed by atoms with Gasteiger partial charge in [-0.25, -0.2) is 0 Å². The molecule has 1 aromatic carbocycles. The van der Waals surface area contributed by atoms with Crippen LogP contribution in [0.4, 0.5) is 5.69 Å². The molecule has 2 nitrogen and oxygen atoms in total. The maximum absolute atomic E-state index is 5.74. The second-order valence-corrected chi connectivity index (χ2v) is 5.78. The lowest BCUT2D eigenvalue weighted by atomic mass is 9.93. The zero-order valence-corrected chi connectivity index (χ0v) is 12.1. The first-order valence-corrected chi connectivity index (χ1v) is 7.34. The van der Waals surface area contributed by atoms with Crippen LogP contribution in [0.5, 0.6) is 0 Å². The molecular formula is C18H22N2. The topological polar surface area (TPSA) is 29.3 Å². The molecule has 0 saturated heterocycles. The normalized spacial score (nSPS) is 19.6. The van der Waals surface area contributed by atoms with E-state index in [1.165, 1.54) is 22.3 Å². The second-order valence-electron chi connectivity index (χ2n) is 5.78. The number of benzene rings is 1. The van der Waals surface area contributed by atoms with Crippen LogP contribution in [-0.2, 0) is 6.54 Å². The first-order chi connectivity index (χ1) is 9.70. The van der Waals surface area contributed by atoms with Crippen LogP contribution in [0.1, 0.15) is 25.3 Å². The maximum atomic E-state index is 5.74. The van der Waals surface area contributed by atoms with E-state index in [1.807, 2.05) is 12.1 Å². The van der Waals surface area contributed by atoms with Gasteiger partial charge in [0.15, 0.2) is 0 Å². The summed E-state index contributed by atoms with van der Waals surface area (Å²) < 4.78 is 0. The molecule has 1 aromatic rings. The Morgan fingerprint density at radius 2 is 1.90 bits per heavy atom. The molecule has 2 heteroatoms. The summed E-state index contributed by atoms with van der Waals surface area (Å²) in [7, 11) is 0. The molecule has 20 heavy (non-hydrogen) atoms. The Kier molecular flexibility index (Phi) is 3.75. The number of hydrogen-bond acceptors (Lipinski definition) is 2. The van der Waals surface area contributed by atoms with Crippen molar-refractivity contribution in [3.05, 3.63) is 64.8 Å². The average molecular weight is 266 g/mol. The van der Waals surface area contributed by atoms with E-state index in [0.29, 0.717) is 0 Å². The minimum Gasteiger partial charge on any atom is -0.399 e. The van der Waals surface area contributed by atoms with Gasteiger partial charge >= 0.3 is 0 Å². The number of nitrogen functional groups attached to an aromatic ring is 1. The molecule has 0 amide bonds. The number of hydrogen-bond donors (Lipinski definition) is 1. The van der Waals surface area contributed by atoms with E-state index in [2.05, 4.69) is 42.2 Å². The predicted octanol–water partition coefficient (Wildman–Crippen LogP) is 3.68. The van der Waals surface area contributed by atoms with Gasteiger partial charge in [0.1, 0.15) is 0 Å². The first-order valence-electron chi connectivity index (χ1n) is 7.34. The Hall–Kier alpha value is -1.80. The van der Waals surface area contributed by atoms with Crippen LogP contribution < -0.4 is 5.73 Å². The molecule has 0 saturated carbocycles. The fourth-order valence-corrected chi connectivity index (χ4v) is 2.91. The minimum absolute atomic E-state index is 0.837. The van der Waals surface area contributed by atoms with Gasteiger partial charge in [-0.3, -0.25) is 4.90 Å². The zero-order chi connectivity index (χ0) is 13.9. The third-order valence-electron chi connectivity index (χ3n) is 4.14. The van der Waals surface area contributed by atoms with Crippen LogP contribution in [-0.4, -0.2) is 18.0 Å². The molecule has 0 spiro atoms. The SMILES string of the molecule is CC1=CCC2=CCN(Cc3ccc(N)cc3)CCC2=C1. The quantitative estimate of drug-likeness (QED) is 0.827. The van der Waals surface area contributed by atoms with Gasteiger partial charge in [0.2, 0.25) is 0 Å². The van der Waals surface area contributed by atoms with Gasteiger partial charge in [0.25, 0.3) is 0 Å². The molecule has 0 fully saturated rings. The van der Waals surface area contributed by atoms with E-state index in [-0.39, 0.29) is 0 Å². The molecule has 2 N–H and O–H groups in total. The lowest BCUT2D eigenvalue weighted by Crippen LogP contribution is -2.23. The van der Waals surface area contributed by atoms with Crippen molar-refractivity contribution in [1.82, 2.24) is 4.90 Å². The van der Waals surface area contributed by atoms with E-state index >= 15 is 0 Å². The van der Waals surface area contributed by atoms with Crippen LogP contribution in [0, 0.1) is 0 Å². The summed E-state index contributed by atoms with van der Waals surface area (Å²) in [6.45, 7) is 5.37. The highest BCUT2D eigenvalue weighted by molar-refractivity contribution is 5.43. The molecule has 1 aliphatic carbocycles. The first kappa shape index (κ1) is 13.2. The van der Waals surface area contributed by atoms with Crippen molar-refractivity contribution in [1.29, 1.82) is 0 Å². The van der Waals surface area contributed by atoms with Crippen molar-refractivity contribution in [3.8, 4) is 0 Å². The highest BCUT2D eigenvalue weighted by Gasteiger charge is 2.15. The van der Waals surface area contributed by atoms with Crippen LogP contribution in [0.2, 0.25) is 0 Å². The molecule has 0 aromatic heterocycles. The molecule has 0 bridgehead atoms. The van der Waals surface area contributed by atoms with Gasteiger partial charge in [-0.1, -0.05) is 35.9 Å². The molecular weight excluding hydrogens is 244 g/mol. The fraction of sp³-hybridized carbons (Fsp3) is 0.333. The third kappa shape index (κ3) is 3.02. The molecule has 1 aliphatic heterocycles. The molecule has 3 rings (SSSR count). The molecule has 0 atom stereocenters. The van der Waals surface area contributed by atoms with Crippen molar-refractivity contribution < 1.29 is 0 Å². The van der Waals surface area contributed by atoms with Crippen LogP contribution >= 0.6 is 0 Å². The molecule has 0 unspecified atom stereocenters. The molecule has 2 aliphatic rings. The number of allylic oxidation sites excluding steroid dienone is 4. The molecule has 1 heterocycles. The largest absolute Gasteiger partial charge is 0.399 e. The molecule has 0 radical (unpaired) electrons. The number of nitrogens with zero attached hydrogens (tertiary/aromatic N) is 1. The van der Waals surface area contributed by atoms with Crippen LogP contribution in [0.25, 0.3) is 0 Å². The standard InChI is InChI=1S/C18H22N2/c1-14-2-5-16-8-10-20(11-9-17(16)12-14)13-15-3-6-18(19)7-4-15/h2-4,6-8,12H,5,9-11,13,19H2,1H3. The highest BCUT2D eigenvalue weighted by Crippen LogP contribution is 2.28. The summed E-state index contributed by atoms with van der Waals surface area (Å²) in [5.74, 6) is 0. The van der Waals surface area contributed by atoms with E-state index < -0.39 is 0 Å². The summed E-state index contributed by atoms with van der Waals surface area (Å²) in [6, 6.07) is 8.24. The summed E-state index contributed by atoms with van der Waals surface area (Å²) in [4.78, 5) is 2.51. The Bertz CT molecular complexity index is 576. The number of fused-ring (bicyclic) bond motifs is 1. The van der Waals surface area contributed by atoms with Crippen LogP contribution in [0.15, 0.2) is 59.2 Å². The maximum Gasteiger partial charge on any atom is 0.0314 e. The summed E-state index contributed by atoms with van der Waals surface area (Å²) in [5, 5.41) is 0. The number of nitrogens with two attached hydrogens (primary N) is 1. The lowest BCUT2D eigenvalue weighted by molar-refractivity contribution is 0.302. The summed E-state index contributed by atoms with van der Waals surface area (Å²) in [6.07, 6.45) is 9.34. The van der Waals surface area contributed by atoms with Crippen LogP contribution in [0.3, 0.4) is 0 Å². The van der Waals surface area contributed by atoms with Gasteiger partial charge < -0.3 is 5.73 Å². The van der Waals surface area contributed by atoms with E-state index in [0.717, 1.165) is 38.2 Å². The third-order valence-corrected chi connectivity index (χ3v) is 4.14. The van der Waals surface area contributed by atoms with Crippen molar-refractivity contribution in [2.75, 3.05) is 18.8 Å². The monoisotopic (exact) mass is 266 g/mol. The van der Waals surface area contributed by atoms with Crippen molar-refractivity contribution in [2.45, 2.75) is 26.3 Å². The smallest absolute Gasteiger partial charge is 0.0314 e. The fourth-order valence-electron chi connectivity index (χ4n) is 2.91. The van der Waals surface area contributed by atoms with Gasteiger partial charge in [-0.05, 0) is 48.6 Å². The van der Waals surface area contributed by atoms with Gasteiger partial charge in [0.05, 0.1) is 0 Å². The Morgan fingerprint density at radius 1 is 1.10 bits per heavy atom. The highest BCUT2D eigenvalue weighted by atomic mass is 15.1. The minimum atomic E-state index is 0.837. The van der Waals surface area contributed by atoms with Crippen molar-refractivity contribution >= 4 is 5.69 Å². The Labute approximate surface area is 121 Å².